The van der Waals surface area contributed by atoms with Crippen LogP contribution >= 0.6 is 0 Å². The van der Waals surface area contributed by atoms with Crippen molar-refractivity contribution >= 4 is 5.91 Å². The van der Waals surface area contributed by atoms with Crippen LogP contribution in [0.15, 0.2) is 24.3 Å². The number of allylic oxidation sites excluding steroid dienone is 4. The van der Waals surface area contributed by atoms with E-state index in [2.05, 4.69) is 43.5 Å². The van der Waals surface area contributed by atoms with Gasteiger partial charge in [-0.25, -0.2) is 0 Å². The second-order valence-corrected chi connectivity index (χ2v) is 12.6. The summed E-state index contributed by atoms with van der Waals surface area (Å²) in [5.41, 5.74) is 0. The number of unbranched alkanes of at least 4 members (excludes halogenated alkanes) is 19. The summed E-state index contributed by atoms with van der Waals surface area (Å²) in [7, 11) is 0. The Bertz CT molecular complexity index is 653. The minimum absolute atomic E-state index is 0.363. The van der Waals surface area contributed by atoms with Gasteiger partial charge in [0, 0.05) is 0 Å². The van der Waals surface area contributed by atoms with Crippen molar-refractivity contribution in [2.75, 3.05) is 6.61 Å². The van der Waals surface area contributed by atoms with Crippen LogP contribution in [0, 0.1) is 0 Å². The van der Waals surface area contributed by atoms with Crippen LogP contribution in [0.2, 0.25) is 0 Å². The first-order chi connectivity index (χ1) is 21.0. The lowest BCUT2D eigenvalue weighted by Crippen LogP contribution is -2.53. The maximum atomic E-state index is 12.4. The molecule has 0 fully saturated rings. The van der Waals surface area contributed by atoms with Crippen molar-refractivity contribution in [3.8, 4) is 0 Å². The number of aliphatic hydroxyl groups is 4. The predicted molar refractivity (Wildman–Crippen MR) is 182 cm³/mol. The average molecular weight is 610 g/mol. The summed E-state index contributed by atoms with van der Waals surface area (Å²) in [5, 5.41) is 43.3. The number of rotatable bonds is 32. The summed E-state index contributed by atoms with van der Waals surface area (Å²) in [4.78, 5) is 12.4. The van der Waals surface area contributed by atoms with Crippen LogP contribution in [0.4, 0.5) is 0 Å². The van der Waals surface area contributed by atoms with Gasteiger partial charge in [0.2, 0.25) is 5.91 Å². The maximum Gasteiger partial charge on any atom is 0.249 e. The zero-order valence-corrected chi connectivity index (χ0v) is 28.2. The topological polar surface area (TPSA) is 110 Å². The van der Waals surface area contributed by atoms with E-state index < -0.39 is 36.9 Å². The lowest BCUT2D eigenvalue weighted by atomic mass is 10.00. The third-order valence-electron chi connectivity index (χ3n) is 8.39. The number of aliphatic hydroxyl groups excluding tert-OH is 4. The van der Waals surface area contributed by atoms with Crippen molar-refractivity contribution in [2.45, 2.75) is 199 Å². The van der Waals surface area contributed by atoms with E-state index in [0.29, 0.717) is 19.3 Å². The molecule has 0 saturated heterocycles. The normalized spacial score (nSPS) is 14.8. The standard InChI is InChI=1S/C37H71NO5/c1-3-5-7-9-11-13-15-17-19-20-22-24-26-28-30-34(40)36(42)33(32-39)38-37(43)35(41)31-29-27-25-23-21-18-16-14-12-10-8-6-4-2/h15,17,22,24,33-36,39-42H,3-14,16,18-21,23,25-32H2,1-2H3,(H,38,43)/b17-15+,24-22+. The Morgan fingerprint density at radius 3 is 1.47 bits per heavy atom. The lowest BCUT2D eigenvalue weighted by molar-refractivity contribution is -0.132. The first-order valence-electron chi connectivity index (χ1n) is 18.2. The van der Waals surface area contributed by atoms with Gasteiger partial charge >= 0.3 is 0 Å². The summed E-state index contributed by atoms with van der Waals surface area (Å²) in [6, 6.07) is -1.00. The van der Waals surface area contributed by atoms with Gasteiger partial charge in [0.1, 0.15) is 12.2 Å². The Hall–Kier alpha value is -1.21. The van der Waals surface area contributed by atoms with Gasteiger partial charge in [-0.3, -0.25) is 4.79 Å². The lowest BCUT2D eigenvalue weighted by Gasteiger charge is -2.27. The van der Waals surface area contributed by atoms with Crippen molar-refractivity contribution in [2.24, 2.45) is 0 Å². The van der Waals surface area contributed by atoms with Crippen LogP contribution in [-0.4, -0.2) is 57.3 Å². The molecule has 6 nitrogen and oxygen atoms in total. The van der Waals surface area contributed by atoms with E-state index in [4.69, 9.17) is 0 Å². The molecule has 0 aliphatic heterocycles. The van der Waals surface area contributed by atoms with Gasteiger partial charge in [-0.2, -0.15) is 0 Å². The third-order valence-corrected chi connectivity index (χ3v) is 8.39. The van der Waals surface area contributed by atoms with Gasteiger partial charge in [-0.1, -0.05) is 147 Å². The molecule has 4 unspecified atom stereocenters. The molecule has 0 aromatic heterocycles. The number of carbonyl (C=O) groups excluding carboxylic acids is 1. The highest BCUT2D eigenvalue weighted by molar-refractivity contribution is 5.80. The maximum absolute atomic E-state index is 12.4. The van der Waals surface area contributed by atoms with Crippen LogP contribution in [0.25, 0.3) is 0 Å². The second-order valence-electron chi connectivity index (χ2n) is 12.6. The van der Waals surface area contributed by atoms with Crippen LogP contribution in [0.1, 0.15) is 174 Å². The molecule has 6 heteroatoms. The molecule has 1 amide bonds. The Balaban J connectivity index is 3.90. The van der Waals surface area contributed by atoms with E-state index in [9.17, 15) is 25.2 Å². The number of hydrogen-bond acceptors (Lipinski definition) is 5. The van der Waals surface area contributed by atoms with Crippen molar-refractivity contribution in [1.82, 2.24) is 5.32 Å². The zero-order chi connectivity index (χ0) is 31.8. The summed E-state index contributed by atoms with van der Waals surface area (Å²) >= 11 is 0. The van der Waals surface area contributed by atoms with E-state index in [1.165, 1.54) is 103 Å². The summed E-state index contributed by atoms with van der Waals surface area (Å²) < 4.78 is 0. The Labute approximate surface area is 265 Å². The summed E-state index contributed by atoms with van der Waals surface area (Å²) in [5.74, 6) is -0.599. The minimum atomic E-state index is -1.28. The van der Waals surface area contributed by atoms with E-state index >= 15 is 0 Å². The fourth-order valence-electron chi connectivity index (χ4n) is 5.42. The quantitative estimate of drug-likeness (QED) is 0.0388. The molecule has 43 heavy (non-hydrogen) atoms. The third kappa shape index (κ3) is 26.9. The predicted octanol–water partition coefficient (Wildman–Crippen LogP) is 8.45. The van der Waals surface area contributed by atoms with E-state index in [-0.39, 0.29) is 0 Å². The average Bonchev–Trinajstić information content (AvgIpc) is 3.01. The highest BCUT2D eigenvalue weighted by Gasteiger charge is 2.28. The van der Waals surface area contributed by atoms with Crippen LogP contribution in [-0.2, 0) is 4.79 Å². The van der Waals surface area contributed by atoms with E-state index in [1.807, 2.05) is 0 Å². The number of amides is 1. The molecule has 0 aliphatic carbocycles. The molecule has 0 aromatic rings. The van der Waals surface area contributed by atoms with E-state index in [1.54, 1.807) is 0 Å². The molecule has 254 valence electrons. The van der Waals surface area contributed by atoms with Gasteiger partial charge in [0.05, 0.1) is 18.8 Å². The molecule has 0 radical (unpaired) electrons. The number of hydrogen-bond donors (Lipinski definition) is 5. The number of nitrogens with one attached hydrogen (secondary N) is 1. The first kappa shape index (κ1) is 41.8. The van der Waals surface area contributed by atoms with Gasteiger partial charge in [-0.05, 0) is 51.4 Å². The summed E-state index contributed by atoms with van der Waals surface area (Å²) in [6.45, 7) is 3.99. The molecule has 5 N–H and O–H groups in total. The van der Waals surface area contributed by atoms with Gasteiger partial charge in [0.15, 0.2) is 0 Å². The second kappa shape index (κ2) is 32.2. The zero-order valence-electron chi connectivity index (χ0n) is 28.2. The van der Waals surface area contributed by atoms with Gasteiger partial charge < -0.3 is 25.7 Å². The molecule has 0 saturated carbocycles. The highest BCUT2D eigenvalue weighted by atomic mass is 16.3. The molecule has 4 atom stereocenters. The van der Waals surface area contributed by atoms with Crippen molar-refractivity contribution in [3.63, 3.8) is 0 Å². The minimum Gasteiger partial charge on any atom is -0.394 e. The molecule has 0 bridgehead atoms. The highest BCUT2D eigenvalue weighted by Crippen LogP contribution is 2.14. The van der Waals surface area contributed by atoms with Crippen LogP contribution < -0.4 is 5.32 Å². The molecule has 0 rings (SSSR count). The largest absolute Gasteiger partial charge is 0.394 e. The van der Waals surface area contributed by atoms with Gasteiger partial charge in [-0.15, -0.1) is 0 Å². The van der Waals surface area contributed by atoms with Crippen molar-refractivity contribution in [3.05, 3.63) is 24.3 Å². The molecular weight excluding hydrogens is 538 g/mol. The smallest absolute Gasteiger partial charge is 0.249 e. The van der Waals surface area contributed by atoms with Crippen molar-refractivity contribution < 1.29 is 25.2 Å². The fourth-order valence-corrected chi connectivity index (χ4v) is 5.42. The summed E-state index contributed by atoms with van der Waals surface area (Å²) in [6.07, 6.45) is 33.4. The first-order valence-corrected chi connectivity index (χ1v) is 18.2. The molecule has 0 aliphatic rings. The monoisotopic (exact) mass is 610 g/mol. The fraction of sp³-hybridized carbons (Fsp3) is 0.865. The Morgan fingerprint density at radius 2 is 0.977 bits per heavy atom. The van der Waals surface area contributed by atoms with E-state index in [0.717, 1.165) is 38.5 Å². The number of carbonyl (C=O) groups is 1. The van der Waals surface area contributed by atoms with Crippen LogP contribution in [0.5, 0.6) is 0 Å². The van der Waals surface area contributed by atoms with Crippen molar-refractivity contribution in [1.29, 1.82) is 0 Å². The SMILES string of the molecule is CCCCCCC/C=C/CC/C=C/CCCC(O)C(O)C(CO)NC(=O)C(O)CCCCCCCCCCCCCCC. The van der Waals surface area contributed by atoms with Crippen LogP contribution in [0.3, 0.4) is 0 Å². The Morgan fingerprint density at radius 1 is 0.558 bits per heavy atom. The van der Waals surface area contributed by atoms with Gasteiger partial charge in [0.25, 0.3) is 0 Å². The molecule has 0 aromatic carbocycles. The molecule has 0 heterocycles. The molecule has 0 spiro atoms. The molecular formula is C37H71NO5. The Kier molecular flexibility index (Phi) is 31.3.